The predicted octanol–water partition coefficient (Wildman–Crippen LogP) is 7.84. The van der Waals surface area contributed by atoms with Gasteiger partial charge in [0, 0.05) is 42.6 Å². The third kappa shape index (κ3) is 4.12. The van der Waals surface area contributed by atoms with Crippen LogP contribution in [-0.2, 0) is 26.5 Å². The molecule has 4 aromatic carbocycles. The van der Waals surface area contributed by atoms with Crippen molar-refractivity contribution in [3.05, 3.63) is 126 Å². The van der Waals surface area contributed by atoms with Gasteiger partial charge in [0.2, 0.25) is 0 Å². The molecule has 0 fully saturated rings. The fraction of sp³-hybridized carbons (Fsp3) is 0.147. The first kappa shape index (κ1) is 20.0. The molecule has 0 spiro atoms. The van der Waals surface area contributed by atoms with Crippen molar-refractivity contribution in [1.82, 2.24) is 9.55 Å². The molecule has 0 amide bonds. The Labute approximate surface area is 257 Å². The second-order valence-corrected chi connectivity index (χ2v) is 10.2. The monoisotopic (exact) mass is 710 g/mol. The largest absolute Gasteiger partial charge is 0.319 e. The average molecular weight is 711 g/mol. The number of fused-ring (bicyclic) bond motifs is 4. The zero-order chi connectivity index (χ0) is 31.7. The molecule has 6 heteroatoms. The number of nitrogens with zero attached hydrogens (tertiary/aromatic N) is 4. The van der Waals surface area contributed by atoms with Crippen LogP contribution in [0.15, 0.2) is 97.2 Å². The predicted molar refractivity (Wildman–Crippen MR) is 158 cm³/mol. The number of aromatic nitrogens is 2. The van der Waals surface area contributed by atoms with E-state index in [1.54, 1.807) is 23.3 Å². The Kier molecular flexibility index (Phi) is 4.97. The molecule has 1 N–H and O–H groups in total. The van der Waals surface area contributed by atoms with Crippen LogP contribution in [0.1, 0.15) is 38.8 Å². The Balaban J connectivity index is 0.00000372. The molecule has 6 aromatic rings. The van der Waals surface area contributed by atoms with Crippen LogP contribution in [0.2, 0.25) is 0 Å². The maximum absolute atomic E-state index is 7.98. The second-order valence-electron chi connectivity index (χ2n) is 10.2. The Morgan fingerprint density at radius 1 is 0.825 bits per heavy atom. The topological polar surface area (TPSA) is 37.1 Å². The number of pyridine rings is 1. The van der Waals surface area contributed by atoms with Gasteiger partial charge >= 0.3 is 0 Å². The van der Waals surface area contributed by atoms with Gasteiger partial charge in [0.15, 0.2) is 0 Å². The first-order valence-electron chi connectivity index (χ1n) is 15.7. The van der Waals surface area contributed by atoms with Gasteiger partial charge in [-0.1, -0.05) is 49.7 Å². The first-order chi connectivity index (χ1) is 21.3. The van der Waals surface area contributed by atoms with Gasteiger partial charge in [0.1, 0.15) is 17.2 Å². The van der Waals surface area contributed by atoms with E-state index in [0.29, 0.717) is 22.9 Å². The molecule has 202 valence electrons. The molecule has 0 radical (unpaired) electrons. The number of rotatable bonds is 4. The minimum absolute atomic E-state index is 0. The minimum Gasteiger partial charge on any atom is -0.319 e. The number of hydrogen-bond donors (Lipinski definition) is 0. The molecule has 7 rings (SSSR count). The van der Waals surface area contributed by atoms with E-state index >= 15 is 0 Å². The molecule has 0 unspecified atom stereocenters. The summed E-state index contributed by atoms with van der Waals surface area (Å²) in [4.78, 5) is 9.01. The van der Waals surface area contributed by atoms with Crippen molar-refractivity contribution in [3.63, 3.8) is 0 Å². The number of anilines is 3. The summed E-state index contributed by atoms with van der Waals surface area (Å²) in [7, 11) is 0. The third-order valence-electron chi connectivity index (χ3n) is 7.43. The fourth-order valence-corrected chi connectivity index (χ4v) is 5.31. The van der Waals surface area contributed by atoms with Crippen LogP contribution in [0.4, 0.5) is 17.1 Å². The Bertz CT molecular complexity index is 2090. The van der Waals surface area contributed by atoms with Gasteiger partial charge in [-0.2, -0.15) is 46.4 Å². The van der Waals surface area contributed by atoms with Crippen LogP contribution in [0, 0.1) is 19.0 Å². The van der Waals surface area contributed by atoms with Gasteiger partial charge in [0.05, 0.1) is 11.1 Å². The molecule has 0 saturated carbocycles. The molecule has 0 atom stereocenters. The summed E-state index contributed by atoms with van der Waals surface area (Å²) in [6, 6.07) is 35.4. The van der Waals surface area contributed by atoms with Crippen LogP contribution in [0.3, 0.4) is 0 Å². The van der Waals surface area contributed by atoms with Crippen molar-refractivity contribution < 1.29 is 34.2 Å². The standard InChI is InChI=1S/C34H28N4O.Pt/c1-23-18-19-35-33(20-23)37-29-13-6-5-12-27(29)28-17-16-25(22-32(28)37)34(2,3)24-10-9-11-26(21-24)38-31-15-8-7-14-30(31)36(4)39-38;/h5-20H,1-4H3;/q-2;/p+1/i1D3,4D3;. The second kappa shape index (κ2) is 9.92. The number of hydrogen-bond acceptors (Lipinski definition) is 3. The Hall–Kier alpha value is -3.92. The molecule has 0 saturated heterocycles. The van der Waals surface area contributed by atoms with Gasteiger partial charge in [0.25, 0.3) is 0 Å². The summed E-state index contributed by atoms with van der Waals surface area (Å²) in [6.45, 7) is -0.533. The number of benzene rings is 4. The van der Waals surface area contributed by atoms with E-state index < -0.39 is 19.2 Å². The van der Waals surface area contributed by atoms with E-state index in [9.17, 15) is 0 Å². The summed E-state index contributed by atoms with van der Waals surface area (Å²) in [5, 5.41) is 4.65. The number of para-hydroxylation sites is 3. The summed E-state index contributed by atoms with van der Waals surface area (Å²) in [5.41, 5.74) is 4.83. The van der Waals surface area contributed by atoms with E-state index in [-0.39, 0.29) is 26.6 Å². The molecule has 0 aliphatic carbocycles. The molecule has 3 heterocycles. The average Bonchev–Trinajstić information content (AvgIpc) is 3.57. The van der Waals surface area contributed by atoms with Gasteiger partial charge in [-0.3, -0.25) is 0 Å². The summed E-state index contributed by atoms with van der Waals surface area (Å²) in [5.74, 6) is 0.503. The third-order valence-corrected chi connectivity index (χ3v) is 7.43. The zero-order valence-electron chi connectivity index (χ0n) is 27.8. The van der Waals surface area contributed by atoms with Gasteiger partial charge in [-0.25, -0.2) is 4.98 Å². The van der Waals surface area contributed by atoms with E-state index in [0.717, 1.165) is 38.0 Å². The molecule has 1 aliphatic rings. The smallest absolute Gasteiger partial charge is 0.145 e. The summed E-state index contributed by atoms with van der Waals surface area (Å²) in [6.07, 6.45) is 1.53. The molecule has 40 heavy (non-hydrogen) atoms. The van der Waals surface area contributed by atoms with Crippen LogP contribution < -0.4 is 10.1 Å². The van der Waals surface area contributed by atoms with Crippen LogP contribution in [0.25, 0.3) is 27.6 Å². The van der Waals surface area contributed by atoms with Gasteiger partial charge in [-0.15, -0.1) is 27.6 Å². The van der Waals surface area contributed by atoms with Crippen molar-refractivity contribution in [2.45, 2.75) is 26.1 Å². The van der Waals surface area contributed by atoms with E-state index in [4.69, 9.17) is 8.22 Å². The summed E-state index contributed by atoms with van der Waals surface area (Å²) >= 11 is 0. The van der Waals surface area contributed by atoms with E-state index in [2.05, 4.69) is 48.0 Å². The van der Waals surface area contributed by atoms with Crippen LogP contribution in [-0.4, -0.2) is 21.5 Å². The summed E-state index contributed by atoms with van der Waals surface area (Å²) < 4.78 is 49.7. The fourth-order valence-electron chi connectivity index (χ4n) is 5.31. The quantitative estimate of drug-likeness (QED) is 0.138. The Morgan fingerprint density at radius 2 is 1.62 bits per heavy atom. The molecular formula is C34H29N4OPt-. The van der Waals surface area contributed by atoms with E-state index in [1.165, 1.54) is 12.3 Å². The van der Waals surface area contributed by atoms with Crippen LogP contribution in [0.5, 0.6) is 0 Å². The number of aryl methyl sites for hydroxylation is 1. The van der Waals surface area contributed by atoms with Gasteiger partial charge in [-0.05, 0) is 53.5 Å². The molecule has 1 aliphatic heterocycles. The van der Waals surface area contributed by atoms with Crippen molar-refractivity contribution in [3.8, 4) is 5.82 Å². The molecular weight excluding hydrogens is 675 g/mol. The Morgan fingerprint density at radius 3 is 2.48 bits per heavy atom. The van der Waals surface area contributed by atoms with Crippen molar-refractivity contribution >= 4 is 38.9 Å². The molecule has 2 aromatic heterocycles. The molecule has 5 nitrogen and oxygen atoms in total. The zero-order valence-corrected chi connectivity index (χ0v) is 24.1. The number of hydroxylamine groups is 1. The van der Waals surface area contributed by atoms with E-state index in [1.807, 2.05) is 59.2 Å². The van der Waals surface area contributed by atoms with Crippen molar-refractivity contribution in [2.24, 2.45) is 0 Å². The normalized spacial score (nSPS) is 15.9. The minimum atomic E-state index is -2.44. The van der Waals surface area contributed by atoms with Gasteiger partial charge < -0.3 is 4.57 Å². The maximum atomic E-state index is 7.98. The SMILES string of the molecule is [2H]C([2H])([2H])c1ccnc(-n2c3[c-]c(C(C)(C)c4[c-]c(N5[OH+]N(C([2H])([2H])[2H])c6ccccc65)ccc4)ccc3c3ccccc32)c1.[Pt]. The molecule has 0 bridgehead atoms. The van der Waals surface area contributed by atoms with Crippen molar-refractivity contribution in [1.29, 1.82) is 0 Å². The first-order valence-corrected chi connectivity index (χ1v) is 12.7. The van der Waals surface area contributed by atoms with Crippen molar-refractivity contribution in [2.75, 3.05) is 17.1 Å². The van der Waals surface area contributed by atoms with Crippen LogP contribution >= 0.6 is 0 Å². The maximum Gasteiger partial charge on any atom is 0.145 e.